The van der Waals surface area contributed by atoms with E-state index in [1.165, 1.54) is 38.5 Å². The van der Waals surface area contributed by atoms with Crippen LogP contribution in [0.15, 0.2) is 11.6 Å². The molecule has 0 amide bonds. The molecule has 30 heavy (non-hydrogen) atoms. The fourth-order valence-corrected chi connectivity index (χ4v) is 8.52. The van der Waals surface area contributed by atoms with Crippen molar-refractivity contribution in [1.29, 1.82) is 0 Å². The quantitative estimate of drug-likeness (QED) is 0.598. The molecule has 4 aliphatic rings. The van der Waals surface area contributed by atoms with Gasteiger partial charge in [-0.25, -0.2) is 0 Å². The molecule has 4 rings (SSSR count). The summed E-state index contributed by atoms with van der Waals surface area (Å²) in [6.07, 6.45) is 12.3. The van der Waals surface area contributed by atoms with Crippen molar-refractivity contribution in [2.75, 3.05) is 6.61 Å². The molecule has 3 nitrogen and oxygen atoms in total. The summed E-state index contributed by atoms with van der Waals surface area (Å²) in [4.78, 5) is 13.4. The van der Waals surface area contributed by atoms with Crippen molar-refractivity contribution >= 4 is 5.78 Å². The van der Waals surface area contributed by atoms with Gasteiger partial charge >= 0.3 is 0 Å². The van der Waals surface area contributed by atoms with E-state index in [0.717, 1.165) is 42.6 Å². The lowest BCUT2D eigenvalue weighted by Gasteiger charge is -2.58. The lowest BCUT2D eigenvalue weighted by Crippen LogP contribution is -2.55. The van der Waals surface area contributed by atoms with Crippen LogP contribution in [0.25, 0.3) is 0 Å². The molecule has 0 heterocycles. The van der Waals surface area contributed by atoms with E-state index >= 15 is 0 Å². The second kappa shape index (κ2) is 8.35. The summed E-state index contributed by atoms with van der Waals surface area (Å²) in [5, 5.41) is 20.7. The Kier molecular flexibility index (Phi) is 6.27. The summed E-state index contributed by atoms with van der Waals surface area (Å²) in [7, 11) is 0. The summed E-state index contributed by atoms with van der Waals surface area (Å²) >= 11 is 0. The van der Waals surface area contributed by atoms with Crippen molar-refractivity contribution in [2.45, 2.75) is 98.0 Å². The first-order valence-electron chi connectivity index (χ1n) is 12.8. The van der Waals surface area contributed by atoms with Crippen molar-refractivity contribution in [3.63, 3.8) is 0 Å². The van der Waals surface area contributed by atoms with Crippen LogP contribution in [-0.4, -0.2) is 28.7 Å². The van der Waals surface area contributed by atoms with E-state index < -0.39 is 0 Å². The highest BCUT2D eigenvalue weighted by Crippen LogP contribution is 2.66. The minimum Gasteiger partial charge on any atom is -0.395 e. The Bertz CT molecular complexity index is 682. The van der Waals surface area contributed by atoms with E-state index in [0.29, 0.717) is 18.1 Å². The van der Waals surface area contributed by atoms with Gasteiger partial charge in [0.1, 0.15) is 0 Å². The first kappa shape index (κ1) is 22.5. The predicted octanol–water partition coefficient (Wildman–Crippen LogP) is 5.54. The van der Waals surface area contributed by atoms with Crippen molar-refractivity contribution in [1.82, 2.24) is 0 Å². The molecule has 0 aromatic rings. The number of hydrogen-bond donors (Lipinski definition) is 2. The summed E-state index contributed by atoms with van der Waals surface area (Å²) in [5.41, 5.74) is 1.07. The zero-order chi connectivity index (χ0) is 21.7. The molecular formula is C27H44O3. The fourth-order valence-electron chi connectivity index (χ4n) is 8.52. The molecule has 0 aliphatic heterocycles. The normalized spacial score (nSPS) is 44.3. The highest BCUT2D eigenvalue weighted by Gasteiger charge is 2.62. The maximum Gasteiger partial charge on any atom is 0.159 e. The van der Waals surface area contributed by atoms with Crippen LogP contribution in [0.3, 0.4) is 0 Å². The van der Waals surface area contributed by atoms with Crippen LogP contribution in [0, 0.1) is 46.3 Å². The van der Waals surface area contributed by atoms with Crippen LogP contribution in [0.4, 0.5) is 0 Å². The van der Waals surface area contributed by atoms with Gasteiger partial charge in [-0.1, -0.05) is 52.5 Å². The van der Waals surface area contributed by atoms with Crippen LogP contribution < -0.4 is 0 Å². The molecule has 170 valence electrons. The first-order valence-corrected chi connectivity index (χ1v) is 12.8. The van der Waals surface area contributed by atoms with Crippen LogP contribution in [0.2, 0.25) is 0 Å². The zero-order valence-corrected chi connectivity index (χ0v) is 19.7. The number of allylic oxidation sites excluding steroid dienone is 1. The summed E-state index contributed by atoms with van der Waals surface area (Å²) in [6.45, 7) is 9.72. The third-order valence-corrected chi connectivity index (χ3v) is 10.1. The van der Waals surface area contributed by atoms with Crippen molar-refractivity contribution in [2.24, 2.45) is 46.3 Å². The first-order chi connectivity index (χ1) is 14.2. The van der Waals surface area contributed by atoms with Crippen molar-refractivity contribution < 1.29 is 15.0 Å². The Morgan fingerprint density at radius 3 is 2.53 bits per heavy atom. The Hall–Kier alpha value is -0.670. The monoisotopic (exact) mass is 416 g/mol. The summed E-state index contributed by atoms with van der Waals surface area (Å²) < 4.78 is 0. The average Bonchev–Trinajstić information content (AvgIpc) is 3.04. The zero-order valence-electron chi connectivity index (χ0n) is 19.7. The molecule has 3 fully saturated rings. The molecule has 0 bridgehead atoms. The van der Waals surface area contributed by atoms with Crippen molar-refractivity contribution in [3.8, 4) is 0 Å². The summed E-state index contributed by atoms with van der Waals surface area (Å²) in [5.74, 6) is 3.37. The number of hydrogen-bond acceptors (Lipinski definition) is 3. The number of carbonyl (C=O) groups excluding carboxylic acids is 1. The van der Waals surface area contributed by atoms with Gasteiger partial charge in [0.25, 0.3) is 0 Å². The molecule has 0 spiro atoms. The number of carbonyl (C=O) groups is 1. The maximum absolute atomic E-state index is 13.4. The standard InChI is InChI=1S/C27H44O3/c1-17(2)6-5-7-18(3)21-8-9-22-25-23(11-12-26(21,22)4)27(16-28)13-10-20(29)14-19(27)15-24(25)30/h15,17-18,20-23,25,28-29H,5-14,16H2,1-4H3/t18-,20+,21-,22+,23+,25+,26-,27-/m1/s1. The van der Waals surface area contributed by atoms with E-state index in [-0.39, 0.29) is 35.4 Å². The Morgan fingerprint density at radius 1 is 1.07 bits per heavy atom. The largest absolute Gasteiger partial charge is 0.395 e. The van der Waals surface area contributed by atoms with E-state index in [9.17, 15) is 15.0 Å². The fraction of sp³-hybridized carbons (Fsp3) is 0.889. The molecule has 0 aromatic carbocycles. The predicted molar refractivity (Wildman–Crippen MR) is 121 cm³/mol. The second-order valence-corrected chi connectivity index (χ2v) is 12.1. The highest BCUT2D eigenvalue weighted by molar-refractivity contribution is 5.94. The molecule has 3 heteroatoms. The third-order valence-electron chi connectivity index (χ3n) is 10.1. The van der Waals surface area contributed by atoms with Gasteiger partial charge in [0.05, 0.1) is 12.7 Å². The number of aliphatic hydroxyl groups is 2. The van der Waals surface area contributed by atoms with Gasteiger partial charge in [-0.3, -0.25) is 4.79 Å². The molecule has 4 aliphatic carbocycles. The van der Waals surface area contributed by atoms with Gasteiger partial charge < -0.3 is 10.2 Å². The molecule has 0 saturated heterocycles. The van der Waals surface area contributed by atoms with Crippen LogP contribution in [0.1, 0.15) is 91.9 Å². The topological polar surface area (TPSA) is 57.5 Å². The third kappa shape index (κ3) is 3.52. The lowest BCUT2D eigenvalue weighted by atomic mass is 9.46. The van der Waals surface area contributed by atoms with Gasteiger partial charge in [0, 0.05) is 11.3 Å². The molecule has 8 atom stereocenters. The second-order valence-electron chi connectivity index (χ2n) is 12.1. The molecule has 3 saturated carbocycles. The smallest absolute Gasteiger partial charge is 0.159 e. The van der Waals surface area contributed by atoms with Gasteiger partial charge in [0.2, 0.25) is 0 Å². The molecule has 0 unspecified atom stereocenters. The number of aliphatic hydroxyl groups excluding tert-OH is 2. The average molecular weight is 417 g/mol. The number of rotatable bonds is 6. The van der Waals surface area contributed by atoms with Crippen molar-refractivity contribution in [3.05, 3.63) is 11.6 Å². The van der Waals surface area contributed by atoms with Crippen LogP contribution in [0.5, 0.6) is 0 Å². The Morgan fingerprint density at radius 2 is 1.83 bits per heavy atom. The number of fused-ring (bicyclic) bond motifs is 5. The molecular weight excluding hydrogens is 372 g/mol. The van der Waals surface area contributed by atoms with Crippen LogP contribution >= 0.6 is 0 Å². The van der Waals surface area contributed by atoms with E-state index in [1.54, 1.807) is 0 Å². The molecule has 0 radical (unpaired) electrons. The minimum atomic E-state index is -0.350. The van der Waals surface area contributed by atoms with Gasteiger partial charge in [0.15, 0.2) is 5.78 Å². The van der Waals surface area contributed by atoms with E-state index in [4.69, 9.17) is 0 Å². The SMILES string of the molecule is CC(C)CCC[C@@H](C)[C@H]1CC[C@H]2[C@@H]3C(=O)C=C4C[C@@H](O)CC[C@]4(CO)[C@H]3CC[C@]12C. The molecule has 0 aromatic heterocycles. The van der Waals surface area contributed by atoms with Gasteiger partial charge in [-0.05, 0) is 86.0 Å². The maximum atomic E-state index is 13.4. The Balaban J connectivity index is 1.57. The summed E-state index contributed by atoms with van der Waals surface area (Å²) in [6, 6.07) is 0. The molecule has 2 N–H and O–H groups in total. The highest BCUT2D eigenvalue weighted by atomic mass is 16.3. The van der Waals surface area contributed by atoms with Gasteiger partial charge in [-0.2, -0.15) is 0 Å². The van der Waals surface area contributed by atoms with E-state index in [1.807, 2.05) is 6.08 Å². The minimum absolute atomic E-state index is 0.0859. The van der Waals surface area contributed by atoms with E-state index in [2.05, 4.69) is 27.7 Å². The van der Waals surface area contributed by atoms with Crippen LogP contribution in [-0.2, 0) is 4.79 Å². The number of ketones is 1. The van der Waals surface area contributed by atoms with Gasteiger partial charge in [-0.15, -0.1) is 0 Å². The lowest BCUT2D eigenvalue weighted by molar-refractivity contribution is -0.138. The Labute approximate surface area is 183 Å².